The molecule has 1 saturated carbocycles. The molecule has 0 aliphatic heterocycles. The average molecular weight is 212 g/mol. The molecule has 1 amide bonds. The van der Waals surface area contributed by atoms with Gasteiger partial charge < -0.3 is 10.6 Å². The molecule has 3 nitrogen and oxygen atoms in total. The van der Waals surface area contributed by atoms with E-state index in [9.17, 15) is 4.79 Å². The summed E-state index contributed by atoms with van der Waals surface area (Å²) in [6.45, 7) is 3.86. The fourth-order valence-corrected chi connectivity index (χ4v) is 2.29. The van der Waals surface area contributed by atoms with E-state index in [1.807, 2.05) is 7.05 Å². The first kappa shape index (κ1) is 12.5. The Morgan fingerprint density at radius 3 is 2.40 bits per heavy atom. The van der Waals surface area contributed by atoms with Crippen molar-refractivity contribution in [2.24, 2.45) is 11.8 Å². The van der Waals surface area contributed by atoms with Gasteiger partial charge in [0.05, 0.1) is 0 Å². The van der Waals surface area contributed by atoms with E-state index < -0.39 is 0 Å². The fourth-order valence-electron chi connectivity index (χ4n) is 2.29. The van der Waals surface area contributed by atoms with E-state index in [4.69, 9.17) is 0 Å². The Morgan fingerprint density at radius 2 is 1.87 bits per heavy atom. The topological polar surface area (TPSA) is 41.1 Å². The van der Waals surface area contributed by atoms with Crippen molar-refractivity contribution in [1.29, 1.82) is 0 Å². The monoisotopic (exact) mass is 212 g/mol. The summed E-state index contributed by atoms with van der Waals surface area (Å²) in [5.41, 5.74) is 0. The molecule has 0 aromatic heterocycles. The van der Waals surface area contributed by atoms with Gasteiger partial charge in [-0.25, -0.2) is 0 Å². The highest BCUT2D eigenvalue weighted by molar-refractivity contribution is 5.78. The molecule has 3 heteroatoms. The molecule has 1 aliphatic carbocycles. The van der Waals surface area contributed by atoms with Crippen molar-refractivity contribution in [1.82, 2.24) is 10.6 Å². The van der Waals surface area contributed by atoms with Crippen LogP contribution in [0.15, 0.2) is 0 Å². The second kappa shape index (κ2) is 6.83. The van der Waals surface area contributed by atoms with Gasteiger partial charge in [0.1, 0.15) is 0 Å². The molecule has 1 fully saturated rings. The molecular weight excluding hydrogens is 188 g/mol. The second-order valence-electron chi connectivity index (χ2n) is 4.52. The molecule has 0 spiro atoms. The Labute approximate surface area is 93.0 Å². The quantitative estimate of drug-likeness (QED) is 0.679. The second-order valence-corrected chi connectivity index (χ2v) is 4.52. The van der Waals surface area contributed by atoms with Crippen LogP contribution in [0.1, 0.15) is 39.0 Å². The molecule has 0 bridgehead atoms. The molecule has 0 radical (unpaired) electrons. The third-order valence-corrected chi connectivity index (χ3v) is 3.47. The van der Waals surface area contributed by atoms with Crippen molar-refractivity contribution in [2.45, 2.75) is 39.0 Å². The van der Waals surface area contributed by atoms with Crippen LogP contribution in [0.25, 0.3) is 0 Å². The molecule has 0 aromatic carbocycles. The van der Waals surface area contributed by atoms with Gasteiger partial charge in [-0.15, -0.1) is 0 Å². The summed E-state index contributed by atoms with van der Waals surface area (Å²) in [5, 5.41) is 6.01. The van der Waals surface area contributed by atoms with Crippen LogP contribution < -0.4 is 10.6 Å². The number of rotatable bonds is 5. The average Bonchev–Trinajstić information content (AvgIpc) is 2.29. The minimum absolute atomic E-state index is 0.264. The smallest absolute Gasteiger partial charge is 0.223 e. The highest BCUT2D eigenvalue weighted by Crippen LogP contribution is 2.30. The molecule has 0 atom stereocenters. The Bertz CT molecular complexity index is 186. The lowest BCUT2D eigenvalue weighted by atomic mass is 9.80. The van der Waals surface area contributed by atoms with E-state index in [-0.39, 0.29) is 11.8 Å². The molecule has 0 unspecified atom stereocenters. The first-order valence-electron chi connectivity index (χ1n) is 6.20. The van der Waals surface area contributed by atoms with Gasteiger partial charge in [-0.2, -0.15) is 0 Å². The van der Waals surface area contributed by atoms with Crippen LogP contribution in [0.2, 0.25) is 0 Å². The van der Waals surface area contributed by atoms with Gasteiger partial charge in [-0.05, 0) is 38.6 Å². The van der Waals surface area contributed by atoms with E-state index in [1.165, 1.54) is 19.3 Å². The Morgan fingerprint density at radius 1 is 1.20 bits per heavy atom. The summed E-state index contributed by atoms with van der Waals surface area (Å²) in [6, 6.07) is 0. The van der Waals surface area contributed by atoms with E-state index in [2.05, 4.69) is 17.6 Å². The zero-order valence-corrected chi connectivity index (χ0v) is 10.0. The van der Waals surface area contributed by atoms with Gasteiger partial charge in [-0.1, -0.05) is 13.3 Å². The lowest BCUT2D eigenvalue weighted by Gasteiger charge is -2.26. The predicted molar refractivity (Wildman–Crippen MR) is 62.7 cm³/mol. The SMILES string of the molecule is CCC1CCC(C(=O)NCCNC)CC1. The maximum absolute atomic E-state index is 11.7. The van der Waals surface area contributed by atoms with Crippen molar-refractivity contribution in [3.05, 3.63) is 0 Å². The van der Waals surface area contributed by atoms with Crippen LogP contribution in [0.5, 0.6) is 0 Å². The van der Waals surface area contributed by atoms with Crippen LogP contribution >= 0.6 is 0 Å². The van der Waals surface area contributed by atoms with Crippen LogP contribution in [0, 0.1) is 11.8 Å². The molecule has 0 aromatic rings. The van der Waals surface area contributed by atoms with Gasteiger partial charge in [0.25, 0.3) is 0 Å². The first-order valence-corrected chi connectivity index (χ1v) is 6.20. The van der Waals surface area contributed by atoms with E-state index in [0.717, 1.165) is 31.8 Å². The predicted octanol–water partition coefficient (Wildman–Crippen LogP) is 1.54. The van der Waals surface area contributed by atoms with Crippen LogP contribution in [0.4, 0.5) is 0 Å². The van der Waals surface area contributed by atoms with E-state index in [0.29, 0.717) is 0 Å². The summed E-state index contributed by atoms with van der Waals surface area (Å²) in [7, 11) is 1.90. The van der Waals surface area contributed by atoms with Gasteiger partial charge in [0, 0.05) is 19.0 Å². The Balaban J connectivity index is 2.18. The van der Waals surface area contributed by atoms with E-state index >= 15 is 0 Å². The molecular formula is C12H24N2O. The number of likely N-dealkylation sites (N-methyl/N-ethyl adjacent to an activating group) is 1. The molecule has 88 valence electrons. The summed E-state index contributed by atoms with van der Waals surface area (Å²) < 4.78 is 0. The molecule has 0 saturated heterocycles. The molecule has 1 aliphatic rings. The zero-order chi connectivity index (χ0) is 11.1. The van der Waals surface area contributed by atoms with Crippen molar-refractivity contribution in [3.63, 3.8) is 0 Å². The van der Waals surface area contributed by atoms with Crippen molar-refractivity contribution >= 4 is 5.91 Å². The van der Waals surface area contributed by atoms with Gasteiger partial charge in [-0.3, -0.25) is 4.79 Å². The third-order valence-electron chi connectivity index (χ3n) is 3.47. The van der Waals surface area contributed by atoms with Crippen LogP contribution in [-0.2, 0) is 4.79 Å². The number of carbonyl (C=O) groups excluding carboxylic acids is 1. The number of hydrogen-bond donors (Lipinski definition) is 2. The fraction of sp³-hybridized carbons (Fsp3) is 0.917. The Kier molecular flexibility index (Phi) is 5.69. The van der Waals surface area contributed by atoms with Gasteiger partial charge in [0.2, 0.25) is 5.91 Å². The van der Waals surface area contributed by atoms with Crippen molar-refractivity contribution in [3.8, 4) is 0 Å². The van der Waals surface area contributed by atoms with Gasteiger partial charge in [0.15, 0.2) is 0 Å². The van der Waals surface area contributed by atoms with Crippen molar-refractivity contribution < 1.29 is 4.79 Å². The van der Waals surface area contributed by atoms with E-state index in [1.54, 1.807) is 0 Å². The summed E-state index contributed by atoms with van der Waals surface area (Å²) >= 11 is 0. The Hall–Kier alpha value is -0.570. The summed E-state index contributed by atoms with van der Waals surface area (Å²) in [4.78, 5) is 11.7. The molecule has 1 rings (SSSR count). The highest BCUT2D eigenvalue weighted by Gasteiger charge is 2.24. The third kappa shape index (κ3) is 4.20. The van der Waals surface area contributed by atoms with Crippen LogP contribution in [0.3, 0.4) is 0 Å². The largest absolute Gasteiger partial charge is 0.355 e. The number of carbonyl (C=O) groups is 1. The molecule has 15 heavy (non-hydrogen) atoms. The zero-order valence-electron chi connectivity index (χ0n) is 10.0. The molecule has 2 N–H and O–H groups in total. The lowest BCUT2D eigenvalue weighted by Crippen LogP contribution is -2.36. The van der Waals surface area contributed by atoms with Crippen LogP contribution in [-0.4, -0.2) is 26.0 Å². The maximum Gasteiger partial charge on any atom is 0.223 e. The van der Waals surface area contributed by atoms with Gasteiger partial charge >= 0.3 is 0 Å². The maximum atomic E-state index is 11.7. The summed E-state index contributed by atoms with van der Waals surface area (Å²) in [6.07, 6.45) is 5.92. The minimum Gasteiger partial charge on any atom is -0.355 e. The molecule has 0 heterocycles. The first-order chi connectivity index (χ1) is 7.27. The number of amides is 1. The highest BCUT2D eigenvalue weighted by atomic mass is 16.1. The number of nitrogens with one attached hydrogen (secondary N) is 2. The lowest BCUT2D eigenvalue weighted by molar-refractivity contribution is -0.126. The number of hydrogen-bond acceptors (Lipinski definition) is 2. The summed E-state index contributed by atoms with van der Waals surface area (Å²) in [5.74, 6) is 1.41. The minimum atomic E-state index is 0.264. The normalized spacial score (nSPS) is 26.3. The van der Waals surface area contributed by atoms with Crippen molar-refractivity contribution in [2.75, 3.05) is 20.1 Å². The standard InChI is InChI=1S/C12H24N2O/c1-3-10-4-6-11(7-5-10)12(15)14-9-8-13-2/h10-11,13H,3-9H2,1-2H3,(H,14,15).